The molecule has 3 aliphatic rings. The van der Waals surface area contributed by atoms with Gasteiger partial charge in [0.15, 0.2) is 0 Å². The molecule has 200 valence electrons. The van der Waals surface area contributed by atoms with E-state index in [1.165, 1.54) is 25.7 Å². The molecule has 2 unspecified atom stereocenters. The highest BCUT2D eigenvalue weighted by molar-refractivity contribution is 5.41. The molecule has 0 saturated heterocycles. The van der Waals surface area contributed by atoms with Crippen LogP contribution in [0.15, 0.2) is 36.4 Å². The van der Waals surface area contributed by atoms with E-state index in [-0.39, 0.29) is 11.7 Å². The van der Waals surface area contributed by atoms with Gasteiger partial charge in [-0.2, -0.15) is 0 Å². The van der Waals surface area contributed by atoms with Crippen molar-refractivity contribution in [2.45, 2.75) is 103 Å². The minimum atomic E-state index is -2.87. The summed E-state index contributed by atoms with van der Waals surface area (Å²) >= 11 is 0. The Kier molecular flexibility index (Phi) is 10.0. The van der Waals surface area contributed by atoms with Crippen molar-refractivity contribution in [1.29, 1.82) is 0 Å². The second-order valence-corrected chi connectivity index (χ2v) is 11.8. The lowest BCUT2D eigenvalue weighted by molar-refractivity contribution is 0.133. The Hall–Kier alpha value is -1.71. The first-order chi connectivity index (χ1) is 17.4. The fourth-order valence-corrected chi connectivity index (χ4v) is 6.53. The molecule has 0 radical (unpaired) electrons. The Morgan fingerprint density at radius 3 is 2.31 bits per heavy atom. The maximum Gasteiger partial charge on any atom is 0.270 e. The van der Waals surface area contributed by atoms with Crippen molar-refractivity contribution in [1.82, 2.24) is 0 Å². The van der Waals surface area contributed by atoms with Crippen molar-refractivity contribution < 1.29 is 17.9 Å². The fourth-order valence-electron chi connectivity index (χ4n) is 6.53. The molecule has 0 bridgehead atoms. The second kappa shape index (κ2) is 13.2. The number of alkyl halides is 2. The topological polar surface area (TPSA) is 9.23 Å². The van der Waals surface area contributed by atoms with Gasteiger partial charge in [-0.1, -0.05) is 63.5 Å². The van der Waals surface area contributed by atoms with Crippen molar-refractivity contribution >= 4 is 0 Å². The molecule has 1 aromatic carbocycles. The van der Waals surface area contributed by atoms with Crippen molar-refractivity contribution in [2.24, 2.45) is 29.6 Å². The van der Waals surface area contributed by atoms with Gasteiger partial charge in [0, 0.05) is 0 Å². The fraction of sp³-hybridized carbons (Fsp3) is 0.688. The molecule has 0 aliphatic heterocycles. The van der Waals surface area contributed by atoms with E-state index in [9.17, 15) is 8.78 Å². The average Bonchev–Trinajstić information content (AvgIpc) is 2.88. The van der Waals surface area contributed by atoms with Crippen LogP contribution in [0.5, 0.6) is 5.75 Å². The predicted molar refractivity (Wildman–Crippen MR) is 142 cm³/mol. The molecule has 3 aliphatic carbocycles. The largest absolute Gasteiger partial charge is 0.493 e. The zero-order valence-corrected chi connectivity index (χ0v) is 22.2. The molecule has 0 N–H and O–H groups in total. The first-order valence-corrected chi connectivity index (χ1v) is 14.5. The lowest BCUT2D eigenvalue weighted by Crippen LogP contribution is -2.20. The van der Waals surface area contributed by atoms with Crippen molar-refractivity contribution in [3.05, 3.63) is 53.4 Å². The van der Waals surface area contributed by atoms with Crippen LogP contribution < -0.4 is 4.74 Å². The van der Waals surface area contributed by atoms with E-state index in [0.717, 1.165) is 57.3 Å². The Morgan fingerprint density at radius 1 is 0.917 bits per heavy atom. The highest BCUT2D eigenvalue weighted by atomic mass is 19.3. The van der Waals surface area contributed by atoms with Crippen LogP contribution in [0, 0.1) is 35.4 Å². The maximum atomic E-state index is 15.2. The Morgan fingerprint density at radius 2 is 1.67 bits per heavy atom. The van der Waals surface area contributed by atoms with E-state index in [1.807, 2.05) is 0 Å². The van der Waals surface area contributed by atoms with Gasteiger partial charge in [0.1, 0.15) is 11.6 Å². The molecular formula is C32H45F3O. The molecule has 4 rings (SSSR count). The summed E-state index contributed by atoms with van der Waals surface area (Å²) in [5.74, 6) is 2.23. The van der Waals surface area contributed by atoms with Gasteiger partial charge in [-0.05, 0) is 105 Å². The van der Waals surface area contributed by atoms with Gasteiger partial charge >= 0.3 is 0 Å². The van der Waals surface area contributed by atoms with Crippen molar-refractivity contribution in [3.63, 3.8) is 0 Å². The number of ether oxygens (including phenoxy) is 1. The van der Waals surface area contributed by atoms with Crippen LogP contribution in [0.25, 0.3) is 0 Å². The summed E-state index contributed by atoms with van der Waals surface area (Å²) in [4.78, 5) is 0. The van der Waals surface area contributed by atoms with Crippen LogP contribution in [0.4, 0.5) is 13.2 Å². The first-order valence-electron chi connectivity index (χ1n) is 14.5. The van der Waals surface area contributed by atoms with E-state index in [1.54, 1.807) is 12.1 Å². The van der Waals surface area contributed by atoms with Crippen LogP contribution >= 0.6 is 0 Å². The minimum absolute atomic E-state index is 0.0305. The van der Waals surface area contributed by atoms with Gasteiger partial charge in [-0.25, -0.2) is 13.2 Å². The molecule has 0 aromatic heterocycles. The van der Waals surface area contributed by atoms with E-state index >= 15 is 4.39 Å². The Bertz CT molecular complexity index is 876. The molecular weight excluding hydrogens is 457 g/mol. The monoisotopic (exact) mass is 502 g/mol. The summed E-state index contributed by atoms with van der Waals surface area (Å²) in [5, 5.41) is 0. The summed E-state index contributed by atoms with van der Waals surface area (Å²) in [6.45, 7) is 4.85. The first kappa shape index (κ1) is 27.3. The molecule has 0 amide bonds. The van der Waals surface area contributed by atoms with E-state index in [2.05, 4.69) is 38.2 Å². The van der Waals surface area contributed by atoms with Crippen LogP contribution in [-0.2, 0) is 0 Å². The van der Waals surface area contributed by atoms with Crippen molar-refractivity contribution in [3.8, 4) is 5.75 Å². The van der Waals surface area contributed by atoms with Gasteiger partial charge in [0.05, 0.1) is 12.2 Å². The smallest absolute Gasteiger partial charge is 0.270 e. The Balaban J connectivity index is 1.27. The molecule has 4 heteroatoms. The maximum absolute atomic E-state index is 15.2. The third kappa shape index (κ3) is 7.19. The molecule has 36 heavy (non-hydrogen) atoms. The summed E-state index contributed by atoms with van der Waals surface area (Å²) in [7, 11) is 0. The minimum Gasteiger partial charge on any atom is -0.493 e. The average molecular weight is 503 g/mol. The van der Waals surface area contributed by atoms with Crippen LogP contribution in [-0.4, -0.2) is 6.61 Å². The summed E-state index contributed by atoms with van der Waals surface area (Å²) in [5.41, 5.74) is -0.0880. The summed E-state index contributed by atoms with van der Waals surface area (Å²) < 4.78 is 48.8. The van der Waals surface area contributed by atoms with Gasteiger partial charge in [0.25, 0.3) is 6.43 Å². The third-order valence-corrected chi connectivity index (χ3v) is 9.00. The van der Waals surface area contributed by atoms with Gasteiger partial charge < -0.3 is 4.74 Å². The number of allylic oxidation sites excluding steroid dienone is 4. The van der Waals surface area contributed by atoms with Gasteiger partial charge in [-0.15, -0.1) is 0 Å². The molecule has 2 atom stereocenters. The third-order valence-electron chi connectivity index (χ3n) is 9.00. The van der Waals surface area contributed by atoms with Gasteiger partial charge in [0.2, 0.25) is 0 Å². The molecule has 2 fully saturated rings. The SMILES string of the molecule is CCCC1C=CC(/C=C/C2CCC(COc3ccc(C4CCC(C)CC4)c(F)c3C(F)F)CC2)CC1. The lowest BCUT2D eigenvalue weighted by Gasteiger charge is -2.29. The Labute approximate surface area is 216 Å². The molecule has 1 nitrogen and oxygen atoms in total. The molecule has 0 spiro atoms. The number of halogens is 3. The zero-order valence-electron chi connectivity index (χ0n) is 22.2. The van der Waals surface area contributed by atoms with Crippen LogP contribution in [0.3, 0.4) is 0 Å². The number of benzene rings is 1. The van der Waals surface area contributed by atoms with Crippen LogP contribution in [0.2, 0.25) is 0 Å². The highest BCUT2D eigenvalue weighted by Crippen LogP contribution is 2.42. The lowest BCUT2D eigenvalue weighted by atomic mass is 9.79. The molecule has 0 heterocycles. The zero-order chi connectivity index (χ0) is 25.5. The van der Waals surface area contributed by atoms with Crippen LogP contribution in [0.1, 0.15) is 114 Å². The normalized spacial score (nSPS) is 31.3. The predicted octanol–water partition coefficient (Wildman–Crippen LogP) is 10.2. The van der Waals surface area contributed by atoms with Crippen molar-refractivity contribution in [2.75, 3.05) is 6.61 Å². The standard InChI is InChI=1S/C32H45F3O/c1-3-4-23-7-9-24(10-8-23)11-12-25-13-15-26(16-14-25)21-36-29-20-19-28(31(33)30(29)32(34)35)27-17-5-22(2)6-18-27/h7,9,11-12,19-20,22-27,32H,3-6,8,10,13-18,21H2,1-2H3/b12-11+. The summed E-state index contributed by atoms with van der Waals surface area (Å²) in [6.07, 6.45) is 19.9. The van der Waals surface area contributed by atoms with E-state index in [0.29, 0.717) is 35.8 Å². The molecule has 2 saturated carbocycles. The second-order valence-electron chi connectivity index (χ2n) is 11.8. The highest BCUT2D eigenvalue weighted by Gasteiger charge is 2.29. The number of hydrogen-bond donors (Lipinski definition) is 0. The van der Waals surface area contributed by atoms with E-state index < -0.39 is 17.8 Å². The number of hydrogen-bond acceptors (Lipinski definition) is 1. The number of rotatable bonds is 9. The summed E-state index contributed by atoms with van der Waals surface area (Å²) in [6, 6.07) is 3.29. The van der Waals surface area contributed by atoms with Gasteiger partial charge in [-0.3, -0.25) is 0 Å². The molecule has 1 aromatic rings. The van der Waals surface area contributed by atoms with E-state index in [4.69, 9.17) is 4.74 Å². The quantitative estimate of drug-likeness (QED) is 0.305.